The Balaban J connectivity index is 2.23. The largest absolute Gasteiger partial charge is 0.378 e. The Morgan fingerprint density at radius 3 is 2.94 bits per heavy atom. The van der Waals surface area contributed by atoms with E-state index in [1.54, 1.807) is 0 Å². The van der Waals surface area contributed by atoms with Crippen LogP contribution in [0, 0.1) is 0 Å². The first kappa shape index (κ1) is 11.6. The standard InChI is InChI=1S/C12H21N3O/c1-9-6-10(4-5-16-9)15-8-14-7-11(15)12(2,3)13/h7-10H,4-6,13H2,1-3H3. The molecule has 0 saturated carbocycles. The van der Waals surface area contributed by atoms with Crippen LogP contribution < -0.4 is 5.73 Å². The number of hydrogen-bond acceptors (Lipinski definition) is 3. The maximum atomic E-state index is 6.15. The Bertz CT molecular complexity index is 353. The molecular formula is C12H21N3O. The fourth-order valence-electron chi connectivity index (χ4n) is 2.32. The zero-order chi connectivity index (χ0) is 11.8. The van der Waals surface area contributed by atoms with Crippen molar-refractivity contribution in [2.24, 2.45) is 5.73 Å². The van der Waals surface area contributed by atoms with E-state index in [4.69, 9.17) is 10.5 Å². The van der Waals surface area contributed by atoms with E-state index in [1.165, 1.54) is 0 Å². The molecule has 0 radical (unpaired) electrons. The third kappa shape index (κ3) is 2.28. The number of nitrogens with zero attached hydrogens (tertiary/aromatic N) is 2. The highest BCUT2D eigenvalue weighted by Gasteiger charge is 2.26. The molecule has 1 aromatic rings. The molecule has 4 heteroatoms. The predicted octanol–water partition coefficient (Wildman–Crippen LogP) is 1.82. The fourth-order valence-corrected chi connectivity index (χ4v) is 2.32. The summed E-state index contributed by atoms with van der Waals surface area (Å²) < 4.78 is 7.79. The van der Waals surface area contributed by atoms with Crippen molar-refractivity contribution in [1.29, 1.82) is 0 Å². The molecule has 2 heterocycles. The molecule has 2 atom stereocenters. The molecule has 1 aromatic heterocycles. The molecule has 2 rings (SSSR count). The molecule has 1 saturated heterocycles. The van der Waals surface area contributed by atoms with Gasteiger partial charge >= 0.3 is 0 Å². The number of ether oxygens (including phenoxy) is 1. The van der Waals surface area contributed by atoms with Crippen molar-refractivity contribution in [1.82, 2.24) is 9.55 Å². The fraction of sp³-hybridized carbons (Fsp3) is 0.750. The molecule has 1 aliphatic heterocycles. The Morgan fingerprint density at radius 2 is 2.31 bits per heavy atom. The third-order valence-corrected chi connectivity index (χ3v) is 3.18. The number of imidazole rings is 1. The average molecular weight is 223 g/mol. The van der Waals surface area contributed by atoms with E-state index in [9.17, 15) is 0 Å². The summed E-state index contributed by atoms with van der Waals surface area (Å²) in [6, 6.07) is 0.476. The van der Waals surface area contributed by atoms with E-state index >= 15 is 0 Å². The van der Waals surface area contributed by atoms with Crippen LogP contribution in [0.5, 0.6) is 0 Å². The molecule has 1 aliphatic rings. The molecule has 0 aliphatic carbocycles. The quantitative estimate of drug-likeness (QED) is 0.832. The minimum absolute atomic E-state index is 0.329. The summed E-state index contributed by atoms with van der Waals surface area (Å²) in [5.74, 6) is 0. The van der Waals surface area contributed by atoms with E-state index in [1.807, 2.05) is 26.4 Å². The van der Waals surface area contributed by atoms with Gasteiger partial charge in [-0.3, -0.25) is 0 Å². The van der Waals surface area contributed by atoms with Gasteiger partial charge in [-0.15, -0.1) is 0 Å². The predicted molar refractivity (Wildman–Crippen MR) is 63.1 cm³/mol. The molecular weight excluding hydrogens is 202 g/mol. The molecule has 1 fully saturated rings. The zero-order valence-corrected chi connectivity index (χ0v) is 10.3. The van der Waals surface area contributed by atoms with Crippen LogP contribution in [0.25, 0.3) is 0 Å². The van der Waals surface area contributed by atoms with Gasteiger partial charge in [-0.25, -0.2) is 4.98 Å². The first-order valence-electron chi connectivity index (χ1n) is 5.91. The van der Waals surface area contributed by atoms with Crippen molar-refractivity contribution in [3.63, 3.8) is 0 Å². The average Bonchev–Trinajstić information content (AvgIpc) is 2.65. The lowest BCUT2D eigenvalue weighted by atomic mass is 9.99. The van der Waals surface area contributed by atoms with Crippen LogP contribution in [-0.4, -0.2) is 22.3 Å². The van der Waals surface area contributed by atoms with Crippen LogP contribution in [0.1, 0.15) is 45.3 Å². The molecule has 16 heavy (non-hydrogen) atoms. The summed E-state index contributed by atoms with van der Waals surface area (Å²) in [4.78, 5) is 4.23. The van der Waals surface area contributed by atoms with Crippen molar-refractivity contribution in [2.45, 2.75) is 51.3 Å². The van der Waals surface area contributed by atoms with Crippen LogP contribution in [0.3, 0.4) is 0 Å². The summed E-state index contributed by atoms with van der Waals surface area (Å²) in [5.41, 5.74) is 6.92. The summed E-state index contributed by atoms with van der Waals surface area (Å²) in [6.45, 7) is 6.98. The summed E-state index contributed by atoms with van der Waals surface area (Å²) >= 11 is 0. The molecule has 0 aromatic carbocycles. The van der Waals surface area contributed by atoms with Gasteiger partial charge in [0.15, 0.2) is 0 Å². The minimum Gasteiger partial charge on any atom is -0.378 e. The summed E-state index contributed by atoms with van der Waals surface area (Å²) in [5, 5.41) is 0. The molecule has 4 nitrogen and oxygen atoms in total. The smallest absolute Gasteiger partial charge is 0.0951 e. The van der Waals surface area contributed by atoms with Gasteiger partial charge in [0.25, 0.3) is 0 Å². The third-order valence-electron chi connectivity index (χ3n) is 3.18. The highest BCUT2D eigenvalue weighted by atomic mass is 16.5. The molecule has 2 N–H and O–H groups in total. The lowest BCUT2D eigenvalue weighted by Crippen LogP contribution is -2.34. The van der Waals surface area contributed by atoms with E-state index in [0.717, 1.165) is 25.1 Å². The molecule has 0 spiro atoms. The van der Waals surface area contributed by atoms with Gasteiger partial charge in [-0.1, -0.05) is 0 Å². The minimum atomic E-state index is -0.335. The topological polar surface area (TPSA) is 53.1 Å². The summed E-state index contributed by atoms with van der Waals surface area (Å²) in [6.07, 6.45) is 6.19. The number of hydrogen-bond donors (Lipinski definition) is 1. The Kier molecular flexibility index (Phi) is 3.04. The van der Waals surface area contributed by atoms with Gasteiger partial charge in [0.1, 0.15) is 0 Å². The maximum Gasteiger partial charge on any atom is 0.0951 e. The van der Waals surface area contributed by atoms with Crippen molar-refractivity contribution in [3.8, 4) is 0 Å². The van der Waals surface area contributed by atoms with E-state index in [2.05, 4.69) is 16.5 Å². The van der Waals surface area contributed by atoms with Gasteiger partial charge in [-0.2, -0.15) is 0 Å². The van der Waals surface area contributed by atoms with Crippen LogP contribution >= 0.6 is 0 Å². The van der Waals surface area contributed by atoms with Crippen molar-refractivity contribution >= 4 is 0 Å². The molecule has 0 bridgehead atoms. The monoisotopic (exact) mass is 223 g/mol. The Hall–Kier alpha value is -0.870. The first-order chi connectivity index (χ1) is 7.48. The van der Waals surface area contributed by atoms with Crippen molar-refractivity contribution < 1.29 is 4.74 Å². The number of rotatable bonds is 2. The van der Waals surface area contributed by atoms with Crippen LogP contribution in [0.15, 0.2) is 12.5 Å². The normalized spacial score (nSPS) is 27.0. The van der Waals surface area contributed by atoms with E-state index in [-0.39, 0.29) is 5.54 Å². The SMILES string of the molecule is CC1CC(n2cncc2C(C)(C)N)CCO1. The van der Waals surface area contributed by atoms with E-state index in [0.29, 0.717) is 12.1 Å². The van der Waals surface area contributed by atoms with Crippen molar-refractivity contribution in [3.05, 3.63) is 18.2 Å². The molecule has 0 amide bonds. The Labute approximate surface area is 96.8 Å². The van der Waals surface area contributed by atoms with Gasteiger partial charge < -0.3 is 15.0 Å². The second kappa shape index (κ2) is 4.18. The first-order valence-corrected chi connectivity index (χ1v) is 5.91. The van der Waals surface area contributed by atoms with Gasteiger partial charge in [0, 0.05) is 18.8 Å². The highest BCUT2D eigenvalue weighted by Crippen LogP contribution is 2.28. The number of aromatic nitrogens is 2. The number of nitrogens with two attached hydrogens (primary N) is 1. The zero-order valence-electron chi connectivity index (χ0n) is 10.3. The second-order valence-corrected chi connectivity index (χ2v) is 5.27. The van der Waals surface area contributed by atoms with Gasteiger partial charge in [0.05, 0.1) is 23.7 Å². The lowest BCUT2D eigenvalue weighted by Gasteiger charge is -2.31. The second-order valence-electron chi connectivity index (χ2n) is 5.27. The van der Waals surface area contributed by atoms with Crippen LogP contribution in [0.4, 0.5) is 0 Å². The van der Waals surface area contributed by atoms with Crippen LogP contribution in [0.2, 0.25) is 0 Å². The highest BCUT2D eigenvalue weighted by molar-refractivity contribution is 5.11. The maximum absolute atomic E-state index is 6.15. The van der Waals surface area contributed by atoms with Crippen LogP contribution in [-0.2, 0) is 10.3 Å². The van der Waals surface area contributed by atoms with Gasteiger partial charge in [0.2, 0.25) is 0 Å². The van der Waals surface area contributed by atoms with Crippen molar-refractivity contribution in [2.75, 3.05) is 6.61 Å². The lowest BCUT2D eigenvalue weighted by molar-refractivity contribution is 0.00497. The molecule has 2 unspecified atom stereocenters. The van der Waals surface area contributed by atoms with Gasteiger partial charge in [-0.05, 0) is 33.6 Å². The summed E-state index contributed by atoms with van der Waals surface area (Å²) in [7, 11) is 0. The van der Waals surface area contributed by atoms with E-state index < -0.39 is 0 Å². The Morgan fingerprint density at radius 1 is 1.56 bits per heavy atom. The molecule has 90 valence electrons.